The Labute approximate surface area is 118 Å². The minimum absolute atomic E-state index is 0.191. The molecule has 6 heteroatoms. The van der Waals surface area contributed by atoms with Gasteiger partial charge in [0, 0.05) is 19.3 Å². The molecule has 0 saturated heterocycles. The van der Waals surface area contributed by atoms with Crippen LogP contribution in [0.15, 0.2) is 29.3 Å². The van der Waals surface area contributed by atoms with Gasteiger partial charge in [0.1, 0.15) is 5.82 Å². The van der Waals surface area contributed by atoms with E-state index in [1.165, 1.54) is 18.0 Å². The first-order chi connectivity index (χ1) is 9.19. The maximum Gasteiger partial charge on any atom is 0.201 e. The Bertz CT molecular complexity index is 411. The predicted octanol–water partition coefficient (Wildman–Crippen LogP) is 1.96. The topological polar surface area (TPSA) is 67.6 Å². The molecule has 4 nitrogen and oxygen atoms in total. The van der Waals surface area contributed by atoms with Crippen molar-refractivity contribution in [1.82, 2.24) is 4.31 Å². The van der Waals surface area contributed by atoms with Crippen LogP contribution in [0.3, 0.4) is 0 Å². The molecule has 19 heavy (non-hydrogen) atoms. The quantitative estimate of drug-likeness (QED) is 0.348. The largest absolute Gasteiger partial charge is 0.369 e. The Kier molecular flexibility index (Phi) is 7.28. The average molecular weight is 284 g/mol. The number of hydrogen-bond donors (Lipinski definition) is 2. The van der Waals surface area contributed by atoms with Gasteiger partial charge in [-0.05, 0) is 43.0 Å². The number of hydrogen-bond acceptors (Lipinski definition) is 3. The molecule has 4 N–H and O–H groups in total. The highest BCUT2D eigenvalue weighted by Gasteiger charge is 2.10. The van der Waals surface area contributed by atoms with Crippen molar-refractivity contribution in [3.63, 3.8) is 0 Å². The van der Waals surface area contributed by atoms with E-state index in [2.05, 4.69) is 4.99 Å². The Morgan fingerprint density at radius 2 is 2.11 bits per heavy atom. The molecule has 0 aliphatic heterocycles. The minimum Gasteiger partial charge on any atom is -0.369 e. The van der Waals surface area contributed by atoms with Crippen molar-refractivity contribution in [2.45, 2.75) is 18.6 Å². The van der Waals surface area contributed by atoms with Crippen LogP contribution in [0.2, 0.25) is 0 Å². The third kappa shape index (κ3) is 5.48. The van der Waals surface area contributed by atoms with Gasteiger partial charge >= 0.3 is 0 Å². The molecule has 0 aliphatic rings. The molecule has 0 aliphatic carbocycles. The lowest BCUT2D eigenvalue weighted by molar-refractivity contribution is 0.594. The zero-order valence-electron chi connectivity index (χ0n) is 11.2. The van der Waals surface area contributed by atoms with E-state index in [4.69, 9.17) is 11.5 Å². The highest BCUT2D eigenvalue weighted by Crippen LogP contribution is 2.19. The van der Waals surface area contributed by atoms with Crippen LogP contribution in [-0.4, -0.2) is 30.4 Å². The fourth-order valence-corrected chi connectivity index (χ4v) is 2.52. The van der Waals surface area contributed by atoms with Gasteiger partial charge in [-0.3, -0.25) is 9.30 Å². The molecule has 0 radical (unpaired) electrons. The molecule has 106 valence electrons. The number of guanidine groups is 1. The normalized spacial score (nSPS) is 11.6. The molecule has 0 unspecified atom stereocenters. The molecule has 1 aromatic carbocycles. The van der Waals surface area contributed by atoms with Crippen molar-refractivity contribution in [3.8, 4) is 0 Å². The molecule has 0 fully saturated rings. The first-order valence-electron chi connectivity index (χ1n) is 6.25. The van der Waals surface area contributed by atoms with Gasteiger partial charge in [0.05, 0.1) is 0 Å². The van der Waals surface area contributed by atoms with E-state index >= 15 is 0 Å². The lowest BCUT2D eigenvalue weighted by Crippen LogP contribution is -2.33. The molecule has 0 amide bonds. The molecular weight excluding hydrogens is 263 g/mol. The summed E-state index contributed by atoms with van der Waals surface area (Å²) in [5.74, 6) is 0.799. The van der Waals surface area contributed by atoms with Crippen LogP contribution in [0.4, 0.5) is 4.39 Å². The summed E-state index contributed by atoms with van der Waals surface area (Å²) in [4.78, 5) is 3.98. The summed E-state index contributed by atoms with van der Waals surface area (Å²) in [6.07, 6.45) is 1.88. The molecule has 0 heterocycles. The highest BCUT2D eigenvalue weighted by molar-refractivity contribution is 7.96. The Hall–Kier alpha value is -1.27. The second-order valence-corrected chi connectivity index (χ2v) is 5.03. The minimum atomic E-state index is -0.191. The SMILES string of the molecule is CN=C(N)N(CCCCN)SCc1ccccc1F. The summed E-state index contributed by atoms with van der Waals surface area (Å²) < 4.78 is 15.4. The van der Waals surface area contributed by atoms with Crippen LogP contribution < -0.4 is 11.5 Å². The van der Waals surface area contributed by atoms with E-state index in [0.29, 0.717) is 23.8 Å². The summed E-state index contributed by atoms with van der Waals surface area (Å²) in [5, 5.41) is 0. The lowest BCUT2D eigenvalue weighted by Gasteiger charge is -2.22. The van der Waals surface area contributed by atoms with E-state index < -0.39 is 0 Å². The van der Waals surface area contributed by atoms with E-state index in [1.807, 2.05) is 10.4 Å². The lowest BCUT2D eigenvalue weighted by atomic mass is 10.2. The summed E-state index contributed by atoms with van der Waals surface area (Å²) in [6, 6.07) is 6.75. The van der Waals surface area contributed by atoms with Crippen molar-refractivity contribution in [2.24, 2.45) is 16.5 Å². The molecule has 0 saturated carbocycles. The molecule has 0 spiro atoms. The van der Waals surface area contributed by atoms with Crippen LogP contribution in [0.5, 0.6) is 0 Å². The molecule has 1 aromatic rings. The summed E-state index contributed by atoms with van der Waals surface area (Å²) >= 11 is 1.47. The van der Waals surface area contributed by atoms with E-state index in [0.717, 1.165) is 19.4 Å². The van der Waals surface area contributed by atoms with Gasteiger partial charge in [0.2, 0.25) is 5.96 Å². The molecule has 1 rings (SSSR count). The van der Waals surface area contributed by atoms with Crippen molar-refractivity contribution < 1.29 is 4.39 Å². The van der Waals surface area contributed by atoms with Crippen LogP contribution in [0, 0.1) is 5.82 Å². The summed E-state index contributed by atoms with van der Waals surface area (Å²) in [7, 11) is 1.65. The van der Waals surface area contributed by atoms with Gasteiger partial charge in [-0.25, -0.2) is 4.39 Å². The predicted molar refractivity (Wildman–Crippen MR) is 80.2 cm³/mol. The van der Waals surface area contributed by atoms with Crippen molar-refractivity contribution >= 4 is 17.9 Å². The summed E-state index contributed by atoms with van der Waals surface area (Å²) in [6.45, 7) is 1.43. The number of halogens is 1. The first-order valence-corrected chi connectivity index (χ1v) is 7.19. The maximum absolute atomic E-state index is 13.5. The molecular formula is C13H21FN4S. The van der Waals surface area contributed by atoms with E-state index in [9.17, 15) is 4.39 Å². The van der Waals surface area contributed by atoms with Gasteiger partial charge in [-0.2, -0.15) is 0 Å². The molecule has 0 bridgehead atoms. The summed E-state index contributed by atoms with van der Waals surface area (Å²) in [5.41, 5.74) is 12.0. The zero-order chi connectivity index (χ0) is 14.1. The standard InChI is InChI=1S/C13H21FN4S/c1-17-13(16)18(9-5-4-8-15)19-10-11-6-2-3-7-12(11)14/h2-3,6-7H,4-5,8-10,15H2,1H3,(H2,16,17). The monoisotopic (exact) mass is 284 g/mol. The van der Waals surface area contributed by atoms with Crippen molar-refractivity contribution in [2.75, 3.05) is 20.1 Å². The van der Waals surface area contributed by atoms with E-state index in [1.54, 1.807) is 19.2 Å². The van der Waals surface area contributed by atoms with Crippen molar-refractivity contribution in [3.05, 3.63) is 35.6 Å². The number of nitrogens with two attached hydrogens (primary N) is 2. The average Bonchev–Trinajstić information content (AvgIpc) is 2.43. The Morgan fingerprint density at radius 1 is 1.37 bits per heavy atom. The smallest absolute Gasteiger partial charge is 0.201 e. The third-order valence-corrected chi connectivity index (χ3v) is 3.76. The maximum atomic E-state index is 13.5. The van der Waals surface area contributed by atoms with Crippen molar-refractivity contribution in [1.29, 1.82) is 0 Å². The number of benzene rings is 1. The second-order valence-electron chi connectivity index (χ2n) is 4.04. The van der Waals surface area contributed by atoms with Crippen LogP contribution in [-0.2, 0) is 5.75 Å². The van der Waals surface area contributed by atoms with Gasteiger partial charge < -0.3 is 11.5 Å². The molecule has 0 atom stereocenters. The third-order valence-electron chi connectivity index (χ3n) is 2.63. The first kappa shape index (κ1) is 15.8. The van der Waals surface area contributed by atoms with Gasteiger partial charge in [0.15, 0.2) is 0 Å². The van der Waals surface area contributed by atoms with Gasteiger partial charge in [-0.15, -0.1) is 0 Å². The molecule has 0 aromatic heterocycles. The number of nitrogens with zero attached hydrogens (tertiary/aromatic N) is 2. The number of rotatable bonds is 7. The van der Waals surface area contributed by atoms with Crippen LogP contribution in [0.25, 0.3) is 0 Å². The number of unbranched alkanes of at least 4 members (excludes halogenated alkanes) is 1. The van der Waals surface area contributed by atoms with Gasteiger partial charge in [0.25, 0.3) is 0 Å². The van der Waals surface area contributed by atoms with Crippen LogP contribution in [0.1, 0.15) is 18.4 Å². The highest BCUT2D eigenvalue weighted by atomic mass is 32.2. The van der Waals surface area contributed by atoms with Gasteiger partial charge in [-0.1, -0.05) is 18.2 Å². The zero-order valence-corrected chi connectivity index (χ0v) is 12.0. The Balaban J connectivity index is 2.55. The fraction of sp³-hybridized carbons (Fsp3) is 0.462. The Morgan fingerprint density at radius 3 is 2.74 bits per heavy atom. The number of aliphatic imine (C=N–C) groups is 1. The second kappa shape index (κ2) is 8.77. The van der Waals surface area contributed by atoms with Crippen LogP contribution >= 0.6 is 11.9 Å². The fourth-order valence-electron chi connectivity index (χ4n) is 1.52. The van der Waals surface area contributed by atoms with E-state index in [-0.39, 0.29) is 5.82 Å².